The molecule has 0 aromatic heterocycles. The highest BCUT2D eigenvalue weighted by Gasteiger charge is 2.20. The van der Waals surface area contributed by atoms with Crippen LogP contribution in [0.4, 0.5) is 11.4 Å². The van der Waals surface area contributed by atoms with Crippen molar-refractivity contribution in [1.29, 1.82) is 0 Å². The second-order valence-electron chi connectivity index (χ2n) is 8.28. The Morgan fingerprint density at radius 1 is 0.394 bits per heavy atom. The molecule has 6 rings (SSSR count). The third-order valence-corrected chi connectivity index (χ3v) is 6.09. The fraction of sp³-hybridized carbons (Fsp3) is 0.0323. The quantitative estimate of drug-likeness (QED) is 0.283. The number of hydrogen-bond donors (Lipinski definition) is 2. The summed E-state index contributed by atoms with van der Waals surface area (Å²) in [5.74, 6) is 0. The van der Waals surface area contributed by atoms with Crippen LogP contribution in [0, 0.1) is 0 Å². The molecule has 4 N–H and O–H groups in total. The topological polar surface area (TPSA) is 52.0 Å². The normalized spacial score (nSPS) is 11.2. The maximum atomic E-state index is 5.61. The van der Waals surface area contributed by atoms with E-state index in [4.69, 9.17) is 11.5 Å². The fourth-order valence-electron chi connectivity index (χ4n) is 4.40. The van der Waals surface area contributed by atoms with Gasteiger partial charge in [0.05, 0.1) is 0 Å². The largest absolute Gasteiger partial charge is 0.399 e. The third kappa shape index (κ3) is 4.37. The number of benzene rings is 5. The number of nitrogen functional groups attached to an aromatic ring is 2. The standard InChI is InChI=1S/C19H14.C12H12N2/c1-2-7-14(8-3-1)16-11-6-12-18-17-10-5-4-9-15(17)13-19(16)18;13-11-5-1-9(2-6-11)10-3-7-12(14)8-4-10/h1-12H,13H2;1-8H,13-14H2. The van der Waals surface area contributed by atoms with E-state index >= 15 is 0 Å². The fourth-order valence-corrected chi connectivity index (χ4v) is 4.40. The Labute approximate surface area is 195 Å². The van der Waals surface area contributed by atoms with Gasteiger partial charge in [-0.3, -0.25) is 0 Å². The molecule has 160 valence electrons. The molecule has 0 amide bonds. The summed E-state index contributed by atoms with van der Waals surface area (Å²) >= 11 is 0. The van der Waals surface area contributed by atoms with Crippen LogP contribution < -0.4 is 11.5 Å². The van der Waals surface area contributed by atoms with Crippen molar-refractivity contribution in [2.75, 3.05) is 11.5 Å². The predicted octanol–water partition coefficient (Wildman–Crippen LogP) is 7.44. The molecule has 0 saturated carbocycles. The van der Waals surface area contributed by atoms with Crippen molar-refractivity contribution in [2.24, 2.45) is 0 Å². The van der Waals surface area contributed by atoms with Gasteiger partial charge in [0.2, 0.25) is 0 Å². The van der Waals surface area contributed by atoms with E-state index in [-0.39, 0.29) is 0 Å². The van der Waals surface area contributed by atoms with Gasteiger partial charge in [-0.1, -0.05) is 97.1 Å². The molecule has 0 fully saturated rings. The van der Waals surface area contributed by atoms with Gasteiger partial charge in [0.1, 0.15) is 0 Å². The van der Waals surface area contributed by atoms with Gasteiger partial charge in [-0.05, 0) is 75.2 Å². The molecule has 0 atom stereocenters. The number of rotatable bonds is 2. The lowest BCUT2D eigenvalue weighted by molar-refractivity contribution is 1.26. The zero-order valence-corrected chi connectivity index (χ0v) is 18.4. The minimum absolute atomic E-state index is 0.782. The Hall–Kier alpha value is -4.30. The molecule has 2 nitrogen and oxygen atoms in total. The van der Waals surface area contributed by atoms with Crippen LogP contribution in [-0.4, -0.2) is 0 Å². The number of fused-ring (bicyclic) bond motifs is 3. The first-order valence-corrected chi connectivity index (χ1v) is 11.2. The lowest BCUT2D eigenvalue weighted by Crippen LogP contribution is -1.87. The van der Waals surface area contributed by atoms with E-state index in [0.717, 1.165) is 28.9 Å². The Bertz CT molecular complexity index is 1330. The molecule has 0 aliphatic heterocycles. The number of anilines is 2. The van der Waals surface area contributed by atoms with Crippen molar-refractivity contribution in [1.82, 2.24) is 0 Å². The monoisotopic (exact) mass is 426 g/mol. The average Bonchev–Trinajstić information content (AvgIpc) is 3.25. The lowest BCUT2D eigenvalue weighted by atomic mass is 9.96. The number of hydrogen-bond acceptors (Lipinski definition) is 2. The van der Waals surface area contributed by atoms with Gasteiger partial charge < -0.3 is 11.5 Å². The van der Waals surface area contributed by atoms with Gasteiger partial charge in [0, 0.05) is 11.4 Å². The van der Waals surface area contributed by atoms with Crippen LogP contribution in [0.2, 0.25) is 0 Å². The van der Waals surface area contributed by atoms with Gasteiger partial charge >= 0.3 is 0 Å². The molecule has 0 spiro atoms. The molecule has 2 heteroatoms. The summed E-state index contributed by atoms with van der Waals surface area (Å²) in [6, 6.07) is 41.6. The van der Waals surface area contributed by atoms with Gasteiger partial charge in [-0.25, -0.2) is 0 Å². The van der Waals surface area contributed by atoms with Gasteiger partial charge in [0.15, 0.2) is 0 Å². The van der Waals surface area contributed by atoms with Crippen molar-refractivity contribution in [2.45, 2.75) is 6.42 Å². The summed E-state index contributed by atoms with van der Waals surface area (Å²) in [6.45, 7) is 0. The van der Waals surface area contributed by atoms with E-state index in [0.29, 0.717) is 0 Å². The molecule has 1 aliphatic carbocycles. The summed E-state index contributed by atoms with van der Waals surface area (Å²) < 4.78 is 0. The SMILES string of the molecule is Nc1ccc(-c2ccc(N)cc2)cc1.c1ccc(-c2cccc3c2Cc2ccccc2-3)cc1. The molecule has 0 heterocycles. The van der Waals surface area contributed by atoms with Gasteiger partial charge in [-0.2, -0.15) is 0 Å². The van der Waals surface area contributed by atoms with Crippen LogP contribution in [0.1, 0.15) is 11.1 Å². The van der Waals surface area contributed by atoms with Gasteiger partial charge in [0.25, 0.3) is 0 Å². The maximum absolute atomic E-state index is 5.61. The van der Waals surface area contributed by atoms with Crippen molar-refractivity contribution in [3.8, 4) is 33.4 Å². The van der Waals surface area contributed by atoms with E-state index < -0.39 is 0 Å². The number of nitrogens with two attached hydrogens (primary N) is 2. The first-order chi connectivity index (χ1) is 16.2. The Balaban J connectivity index is 0.000000146. The van der Waals surface area contributed by atoms with Gasteiger partial charge in [-0.15, -0.1) is 0 Å². The summed E-state index contributed by atoms with van der Waals surface area (Å²) in [5.41, 5.74) is 23.5. The molecule has 5 aromatic rings. The van der Waals surface area contributed by atoms with Crippen LogP contribution in [0.15, 0.2) is 121 Å². The molecular weight excluding hydrogens is 400 g/mol. The van der Waals surface area contributed by atoms with Crippen LogP contribution in [0.5, 0.6) is 0 Å². The molecule has 0 unspecified atom stereocenters. The van der Waals surface area contributed by atoms with E-state index in [2.05, 4.69) is 72.8 Å². The minimum Gasteiger partial charge on any atom is -0.399 e. The molecule has 1 aliphatic rings. The van der Waals surface area contributed by atoms with E-state index in [9.17, 15) is 0 Å². The summed E-state index contributed by atoms with van der Waals surface area (Å²) in [7, 11) is 0. The first kappa shape index (κ1) is 20.6. The first-order valence-electron chi connectivity index (χ1n) is 11.2. The predicted molar refractivity (Wildman–Crippen MR) is 141 cm³/mol. The van der Waals surface area contributed by atoms with E-state index in [1.165, 1.54) is 33.4 Å². The zero-order chi connectivity index (χ0) is 22.6. The average molecular weight is 427 g/mol. The summed E-state index contributed by atoms with van der Waals surface area (Å²) in [4.78, 5) is 0. The second-order valence-corrected chi connectivity index (χ2v) is 8.28. The van der Waals surface area contributed by atoms with Crippen molar-refractivity contribution in [3.05, 3.63) is 132 Å². The Morgan fingerprint density at radius 2 is 0.909 bits per heavy atom. The van der Waals surface area contributed by atoms with E-state index in [1.807, 2.05) is 48.5 Å². The molecule has 33 heavy (non-hydrogen) atoms. The Morgan fingerprint density at radius 3 is 1.55 bits per heavy atom. The highest BCUT2D eigenvalue weighted by Crippen LogP contribution is 2.41. The van der Waals surface area contributed by atoms with Crippen molar-refractivity contribution < 1.29 is 0 Å². The second kappa shape index (κ2) is 9.05. The smallest absolute Gasteiger partial charge is 0.0314 e. The van der Waals surface area contributed by atoms with Crippen LogP contribution >= 0.6 is 0 Å². The van der Waals surface area contributed by atoms with E-state index in [1.54, 1.807) is 0 Å². The Kier molecular flexibility index (Phi) is 5.65. The third-order valence-electron chi connectivity index (χ3n) is 6.09. The lowest BCUT2D eigenvalue weighted by Gasteiger charge is -2.08. The molecule has 0 radical (unpaired) electrons. The molecule has 0 bridgehead atoms. The van der Waals surface area contributed by atoms with Crippen LogP contribution in [0.3, 0.4) is 0 Å². The molecule has 5 aromatic carbocycles. The maximum Gasteiger partial charge on any atom is 0.0314 e. The highest BCUT2D eigenvalue weighted by molar-refractivity contribution is 5.84. The van der Waals surface area contributed by atoms with Crippen molar-refractivity contribution >= 4 is 11.4 Å². The highest BCUT2D eigenvalue weighted by atomic mass is 14.5. The molecular formula is C31H26N2. The molecule has 0 saturated heterocycles. The van der Waals surface area contributed by atoms with Crippen molar-refractivity contribution in [3.63, 3.8) is 0 Å². The van der Waals surface area contributed by atoms with Crippen LogP contribution in [0.25, 0.3) is 33.4 Å². The van der Waals surface area contributed by atoms with Crippen LogP contribution in [-0.2, 0) is 6.42 Å². The summed E-state index contributed by atoms with van der Waals surface area (Å²) in [5, 5.41) is 0. The summed E-state index contributed by atoms with van der Waals surface area (Å²) in [6.07, 6.45) is 1.05. The zero-order valence-electron chi connectivity index (χ0n) is 18.4. The minimum atomic E-state index is 0.782.